The maximum absolute atomic E-state index is 14.2. The van der Waals surface area contributed by atoms with Gasteiger partial charge in [0.05, 0.1) is 19.3 Å². The number of fused-ring (bicyclic) bond motifs is 1. The molecule has 3 aromatic carbocycles. The van der Waals surface area contributed by atoms with Crippen LogP contribution in [0.4, 0.5) is 18.9 Å². The molecule has 0 aliphatic carbocycles. The highest BCUT2D eigenvalue weighted by Crippen LogP contribution is 2.40. The van der Waals surface area contributed by atoms with Crippen molar-refractivity contribution in [2.45, 2.75) is 52.4 Å². The van der Waals surface area contributed by atoms with Gasteiger partial charge in [0.15, 0.2) is 0 Å². The van der Waals surface area contributed by atoms with E-state index in [0.29, 0.717) is 17.9 Å². The summed E-state index contributed by atoms with van der Waals surface area (Å²) in [6, 6.07) is 13.6. The Kier molecular flexibility index (Phi) is 9.23. The summed E-state index contributed by atoms with van der Waals surface area (Å²) in [4.78, 5) is 39.8. The van der Waals surface area contributed by atoms with Gasteiger partial charge >= 0.3 is 12.1 Å². The van der Waals surface area contributed by atoms with Crippen molar-refractivity contribution in [2.24, 2.45) is 5.92 Å². The summed E-state index contributed by atoms with van der Waals surface area (Å²) < 4.78 is 53.1. The highest BCUT2D eigenvalue weighted by Gasteiger charge is 2.39. The first-order chi connectivity index (χ1) is 19.9. The molecule has 0 saturated heterocycles. The number of nitrogens with zero attached hydrogens (tertiary/aromatic N) is 1. The van der Waals surface area contributed by atoms with E-state index in [4.69, 9.17) is 9.47 Å². The molecule has 0 spiro atoms. The van der Waals surface area contributed by atoms with E-state index in [2.05, 4.69) is 5.32 Å². The van der Waals surface area contributed by atoms with Crippen molar-refractivity contribution in [1.82, 2.24) is 4.90 Å². The van der Waals surface area contributed by atoms with E-state index in [1.54, 1.807) is 44.2 Å². The third kappa shape index (κ3) is 6.58. The van der Waals surface area contributed by atoms with E-state index in [1.807, 2.05) is 6.92 Å². The van der Waals surface area contributed by atoms with Gasteiger partial charge in [0.1, 0.15) is 11.8 Å². The number of ether oxygens (including phenoxy) is 2. The van der Waals surface area contributed by atoms with Gasteiger partial charge in [0.25, 0.3) is 11.8 Å². The molecule has 3 aromatic rings. The summed E-state index contributed by atoms with van der Waals surface area (Å²) in [5.74, 6) is -1.20. The molecule has 42 heavy (non-hydrogen) atoms. The van der Waals surface area contributed by atoms with E-state index >= 15 is 0 Å². The first-order valence-corrected chi connectivity index (χ1v) is 13.7. The maximum Gasteiger partial charge on any atom is 0.417 e. The van der Waals surface area contributed by atoms with Crippen LogP contribution in [0.3, 0.4) is 0 Å². The van der Waals surface area contributed by atoms with Crippen molar-refractivity contribution >= 4 is 23.5 Å². The predicted octanol–water partition coefficient (Wildman–Crippen LogP) is 6.96. The average Bonchev–Trinajstić information content (AvgIpc) is 3.27. The summed E-state index contributed by atoms with van der Waals surface area (Å²) >= 11 is 0. The zero-order valence-corrected chi connectivity index (χ0v) is 23.9. The van der Waals surface area contributed by atoms with Crippen LogP contribution < -0.4 is 10.1 Å². The Hall–Kier alpha value is -4.34. The van der Waals surface area contributed by atoms with Gasteiger partial charge in [-0.25, -0.2) is 4.79 Å². The lowest BCUT2D eigenvalue weighted by molar-refractivity contribution is -0.147. The Morgan fingerprint density at radius 2 is 1.71 bits per heavy atom. The molecule has 1 heterocycles. The predicted molar refractivity (Wildman–Crippen MR) is 152 cm³/mol. The largest absolute Gasteiger partial charge is 0.494 e. The molecule has 0 aromatic heterocycles. The van der Waals surface area contributed by atoms with Crippen molar-refractivity contribution in [3.8, 4) is 16.9 Å². The van der Waals surface area contributed by atoms with Gasteiger partial charge < -0.3 is 19.7 Å². The molecule has 7 nitrogen and oxygen atoms in total. The minimum Gasteiger partial charge on any atom is -0.494 e. The molecule has 1 unspecified atom stereocenters. The SMILES string of the molecule is CCCCOc1ccc(C(=O)Nc2ccc(-c3ccc4c(c3)C(=O)N(C(C(=O)OC)C(C)C)C4)c(C(F)(F)F)c2)cc1. The topological polar surface area (TPSA) is 84.9 Å². The average molecular weight is 583 g/mol. The van der Waals surface area contributed by atoms with Crippen molar-refractivity contribution < 1.29 is 37.0 Å². The molecule has 0 radical (unpaired) electrons. The Morgan fingerprint density at radius 1 is 1.00 bits per heavy atom. The normalized spacial score (nSPS) is 13.6. The third-order valence-electron chi connectivity index (χ3n) is 7.13. The monoisotopic (exact) mass is 582 g/mol. The fourth-order valence-corrected chi connectivity index (χ4v) is 4.94. The van der Waals surface area contributed by atoms with Gasteiger partial charge in [0, 0.05) is 23.4 Å². The van der Waals surface area contributed by atoms with E-state index < -0.39 is 35.6 Å². The number of methoxy groups -OCH3 is 1. The molecule has 1 atom stereocenters. The van der Waals surface area contributed by atoms with Crippen LogP contribution >= 0.6 is 0 Å². The minimum absolute atomic E-state index is 0.0272. The maximum atomic E-state index is 14.2. The van der Waals surface area contributed by atoms with E-state index in [9.17, 15) is 27.6 Å². The standard InChI is InChI=1S/C32H33F3N2O5/c1-5-6-15-42-24-12-9-20(10-13-24)29(38)36-23-11-14-25(27(17-23)32(33,34)35)21-7-8-22-18-37(30(39)26(22)16-21)28(19(2)3)31(40)41-4/h7-14,16-17,19,28H,5-6,15,18H2,1-4H3,(H,36,38). The molecular weight excluding hydrogens is 549 g/mol. The van der Waals surface area contributed by atoms with E-state index in [-0.39, 0.29) is 40.4 Å². The number of carbonyl (C=O) groups excluding carboxylic acids is 3. The molecule has 2 amide bonds. The Morgan fingerprint density at radius 3 is 2.33 bits per heavy atom. The second-order valence-electron chi connectivity index (χ2n) is 10.5. The second-order valence-corrected chi connectivity index (χ2v) is 10.5. The molecule has 4 rings (SSSR count). The molecule has 0 bridgehead atoms. The van der Waals surface area contributed by atoms with Crippen LogP contribution in [-0.4, -0.2) is 42.4 Å². The Balaban J connectivity index is 1.58. The number of carbonyl (C=O) groups is 3. The van der Waals surface area contributed by atoms with Crippen LogP contribution in [0, 0.1) is 5.92 Å². The molecule has 0 fully saturated rings. The molecule has 1 aliphatic rings. The fourth-order valence-electron chi connectivity index (χ4n) is 4.94. The van der Waals surface area contributed by atoms with Crippen LogP contribution in [0.2, 0.25) is 0 Å². The lowest BCUT2D eigenvalue weighted by Crippen LogP contribution is -2.45. The molecule has 222 valence electrons. The molecular formula is C32H33F3N2O5. The lowest BCUT2D eigenvalue weighted by atomic mass is 9.95. The van der Waals surface area contributed by atoms with E-state index in [1.165, 1.54) is 36.3 Å². The van der Waals surface area contributed by atoms with Crippen LogP contribution in [-0.2, 0) is 22.3 Å². The van der Waals surface area contributed by atoms with Crippen LogP contribution in [0.25, 0.3) is 11.1 Å². The highest BCUT2D eigenvalue weighted by atomic mass is 19.4. The number of halogens is 3. The lowest BCUT2D eigenvalue weighted by Gasteiger charge is -2.28. The van der Waals surface area contributed by atoms with E-state index in [0.717, 1.165) is 18.9 Å². The van der Waals surface area contributed by atoms with Crippen LogP contribution in [0.1, 0.15) is 65.5 Å². The van der Waals surface area contributed by atoms with Gasteiger partial charge in [0.2, 0.25) is 0 Å². The first-order valence-electron chi connectivity index (χ1n) is 13.7. The van der Waals surface area contributed by atoms with Crippen LogP contribution in [0.15, 0.2) is 60.7 Å². The minimum atomic E-state index is -4.74. The number of esters is 1. The van der Waals surface area contributed by atoms with Gasteiger partial charge in [-0.2, -0.15) is 13.2 Å². The summed E-state index contributed by atoms with van der Waals surface area (Å²) in [7, 11) is 1.24. The highest BCUT2D eigenvalue weighted by molar-refractivity contribution is 6.05. The molecule has 0 saturated carbocycles. The summed E-state index contributed by atoms with van der Waals surface area (Å²) in [5, 5.41) is 2.53. The number of hydrogen-bond acceptors (Lipinski definition) is 5. The zero-order valence-electron chi connectivity index (χ0n) is 23.9. The number of unbranched alkanes of at least 4 members (excludes halogenated alkanes) is 1. The number of rotatable bonds is 10. The van der Waals surface area contributed by atoms with Crippen molar-refractivity contribution in [2.75, 3.05) is 19.0 Å². The Bertz CT molecular complexity index is 1470. The number of anilines is 1. The summed E-state index contributed by atoms with van der Waals surface area (Å²) in [6.45, 7) is 6.32. The van der Waals surface area contributed by atoms with Gasteiger partial charge in [-0.1, -0.05) is 45.4 Å². The van der Waals surface area contributed by atoms with Crippen molar-refractivity contribution in [3.63, 3.8) is 0 Å². The second kappa shape index (κ2) is 12.7. The van der Waals surface area contributed by atoms with Gasteiger partial charge in [-0.05, 0) is 71.5 Å². The quantitative estimate of drug-likeness (QED) is 0.206. The third-order valence-corrected chi connectivity index (χ3v) is 7.13. The number of nitrogens with one attached hydrogen (secondary N) is 1. The zero-order chi connectivity index (χ0) is 30.6. The van der Waals surface area contributed by atoms with Crippen molar-refractivity contribution in [3.05, 3.63) is 82.9 Å². The van der Waals surface area contributed by atoms with Crippen molar-refractivity contribution in [1.29, 1.82) is 0 Å². The molecule has 1 N–H and O–H groups in total. The first kappa shape index (κ1) is 30.6. The smallest absolute Gasteiger partial charge is 0.417 e. The van der Waals surface area contributed by atoms with Gasteiger partial charge in [-0.3, -0.25) is 9.59 Å². The van der Waals surface area contributed by atoms with Gasteiger partial charge in [-0.15, -0.1) is 0 Å². The summed E-state index contributed by atoms with van der Waals surface area (Å²) in [6.07, 6.45) is -2.86. The molecule has 1 aliphatic heterocycles. The van der Waals surface area contributed by atoms with Crippen LogP contribution in [0.5, 0.6) is 5.75 Å². The Labute approximate surface area is 242 Å². The number of alkyl halides is 3. The number of amides is 2. The summed E-state index contributed by atoms with van der Waals surface area (Å²) in [5.41, 5.74) is 0.164. The fraction of sp³-hybridized carbons (Fsp3) is 0.344. The molecule has 10 heteroatoms. The number of benzene rings is 3. The number of hydrogen-bond donors (Lipinski definition) is 1.